The van der Waals surface area contributed by atoms with Crippen LogP contribution in [0.4, 0.5) is 4.39 Å². The zero-order chi connectivity index (χ0) is 13.8. The third kappa shape index (κ3) is 3.08. The normalized spacial score (nSPS) is 10.7. The molecule has 2 aromatic rings. The molecule has 0 spiro atoms. The predicted octanol–water partition coefficient (Wildman–Crippen LogP) is 3.25. The van der Waals surface area contributed by atoms with Crippen molar-refractivity contribution in [2.24, 2.45) is 0 Å². The fourth-order valence-corrected chi connectivity index (χ4v) is 1.91. The van der Waals surface area contributed by atoms with E-state index in [0.29, 0.717) is 16.6 Å². The number of unbranched alkanes of at least 4 members (excludes halogenated alkanes) is 1. The monoisotopic (exact) mass is 260 g/mol. The molecule has 0 aliphatic carbocycles. The Kier molecular flexibility index (Phi) is 4.10. The van der Waals surface area contributed by atoms with Crippen molar-refractivity contribution in [1.29, 1.82) is 0 Å². The van der Waals surface area contributed by atoms with E-state index in [-0.39, 0.29) is 11.7 Å². The van der Waals surface area contributed by atoms with Crippen molar-refractivity contribution in [3.05, 3.63) is 41.8 Å². The van der Waals surface area contributed by atoms with E-state index >= 15 is 0 Å². The Hall–Kier alpha value is -1.97. The molecule has 3 nitrogen and oxygen atoms in total. The highest BCUT2D eigenvalue weighted by molar-refractivity contribution is 5.94. The summed E-state index contributed by atoms with van der Waals surface area (Å²) in [5.74, 6) is -0.395. The highest BCUT2D eigenvalue weighted by Crippen LogP contribution is 2.15. The van der Waals surface area contributed by atoms with Crippen LogP contribution < -0.4 is 0 Å². The number of amides is 1. The van der Waals surface area contributed by atoms with Crippen LogP contribution in [0.25, 0.3) is 10.9 Å². The highest BCUT2D eigenvalue weighted by atomic mass is 19.1. The average Bonchev–Trinajstić information content (AvgIpc) is 2.43. The van der Waals surface area contributed by atoms with E-state index in [1.807, 2.05) is 0 Å². The van der Waals surface area contributed by atoms with Gasteiger partial charge in [-0.25, -0.2) is 9.37 Å². The number of rotatable bonds is 4. The van der Waals surface area contributed by atoms with Gasteiger partial charge in [0, 0.05) is 19.0 Å². The smallest absolute Gasteiger partial charge is 0.272 e. The lowest BCUT2D eigenvalue weighted by atomic mass is 10.2. The van der Waals surface area contributed by atoms with Gasteiger partial charge >= 0.3 is 0 Å². The van der Waals surface area contributed by atoms with Crippen molar-refractivity contribution in [2.45, 2.75) is 19.8 Å². The van der Waals surface area contributed by atoms with Crippen LogP contribution in [0.3, 0.4) is 0 Å². The van der Waals surface area contributed by atoms with Gasteiger partial charge in [-0.1, -0.05) is 19.4 Å². The summed E-state index contributed by atoms with van der Waals surface area (Å²) in [6.07, 6.45) is 2.02. The second-order valence-electron chi connectivity index (χ2n) is 4.61. The molecule has 0 aliphatic heterocycles. The zero-order valence-electron chi connectivity index (χ0n) is 11.2. The number of benzene rings is 1. The second kappa shape index (κ2) is 5.78. The summed E-state index contributed by atoms with van der Waals surface area (Å²) >= 11 is 0. The lowest BCUT2D eigenvalue weighted by molar-refractivity contribution is 0.0788. The number of halogens is 1. The Labute approximate surface area is 112 Å². The van der Waals surface area contributed by atoms with Crippen molar-refractivity contribution in [2.75, 3.05) is 13.6 Å². The van der Waals surface area contributed by atoms with E-state index in [1.54, 1.807) is 30.1 Å². The van der Waals surface area contributed by atoms with Gasteiger partial charge < -0.3 is 4.90 Å². The minimum Gasteiger partial charge on any atom is -0.340 e. The van der Waals surface area contributed by atoms with Gasteiger partial charge in [0.25, 0.3) is 5.91 Å². The Morgan fingerprint density at radius 2 is 2.11 bits per heavy atom. The first kappa shape index (κ1) is 13.5. The molecule has 1 amide bonds. The van der Waals surface area contributed by atoms with Crippen LogP contribution in [-0.4, -0.2) is 29.4 Å². The quantitative estimate of drug-likeness (QED) is 0.845. The lowest BCUT2D eigenvalue weighted by Gasteiger charge is -2.16. The summed E-state index contributed by atoms with van der Waals surface area (Å²) in [7, 11) is 1.77. The molecule has 0 unspecified atom stereocenters. The first-order valence-corrected chi connectivity index (χ1v) is 6.43. The summed E-state index contributed by atoms with van der Waals surface area (Å²) in [4.78, 5) is 18.1. The van der Waals surface area contributed by atoms with Crippen molar-refractivity contribution < 1.29 is 9.18 Å². The first-order chi connectivity index (χ1) is 9.11. The molecule has 0 saturated carbocycles. The molecule has 0 atom stereocenters. The van der Waals surface area contributed by atoms with Crippen LogP contribution in [0.5, 0.6) is 0 Å². The predicted molar refractivity (Wildman–Crippen MR) is 73.6 cm³/mol. The Balaban J connectivity index is 2.25. The molecule has 0 saturated heterocycles. The first-order valence-electron chi connectivity index (χ1n) is 6.43. The molecule has 100 valence electrons. The molecule has 0 N–H and O–H groups in total. The number of pyridine rings is 1. The van der Waals surface area contributed by atoms with Crippen LogP contribution in [-0.2, 0) is 0 Å². The molecule has 2 rings (SSSR count). The second-order valence-corrected chi connectivity index (χ2v) is 4.61. The molecule has 0 fully saturated rings. The Morgan fingerprint density at radius 1 is 1.32 bits per heavy atom. The van der Waals surface area contributed by atoms with Crippen LogP contribution in [0.1, 0.15) is 30.3 Å². The van der Waals surface area contributed by atoms with E-state index in [9.17, 15) is 9.18 Å². The molecule has 0 aliphatic rings. The maximum Gasteiger partial charge on any atom is 0.272 e. The SMILES string of the molecule is CCCCN(C)C(=O)c1ccc2cc(F)ccc2n1. The number of aromatic nitrogens is 1. The van der Waals surface area contributed by atoms with E-state index in [4.69, 9.17) is 0 Å². The average molecular weight is 260 g/mol. The van der Waals surface area contributed by atoms with Crippen LogP contribution in [0.15, 0.2) is 30.3 Å². The van der Waals surface area contributed by atoms with Crippen molar-refractivity contribution in [3.63, 3.8) is 0 Å². The minimum atomic E-state index is -0.298. The van der Waals surface area contributed by atoms with Crippen LogP contribution in [0, 0.1) is 5.82 Å². The molecular formula is C15H17FN2O. The third-order valence-corrected chi connectivity index (χ3v) is 3.06. The van der Waals surface area contributed by atoms with E-state index in [0.717, 1.165) is 19.4 Å². The fraction of sp³-hybridized carbons (Fsp3) is 0.333. The largest absolute Gasteiger partial charge is 0.340 e. The summed E-state index contributed by atoms with van der Waals surface area (Å²) in [5, 5.41) is 0.702. The summed E-state index contributed by atoms with van der Waals surface area (Å²) in [6.45, 7) is 2.81. The van der Waals surface area contributed by atoms with Crippen LogP contribution in [0.2, 0.25) is 0 Å². The Bertz CT molecular complexity index is 598. The van der Waals surface area contributed by atoms with Gasteiger partial charge in [0.15, 0.2) is 0 Å². The van der Waals surface area contributed by atoms with Gasteiger partial charge in [-0.3, -0.25) is 4.79 Å². The maximum absolute atomic E-state index is 13.1. The van der Waals surface area contributed by atoms with Crippen LogP contribution >= 0.6 is 0 Å². The van der Waals surface area contributed by atoms with Crippen molar-refractivity contribution in [1.82, 2.24) is 9.88 Å². The molecule has 1 heterocycles. The molecule has 1 aromatic heterocycles. The van der Waals surface area contributed by atoms with E-state index in [1.165, 1.54) is 12.1 Å². The molecule has 4 heteroatoms. The maximum atomic E-state index is 13.1. The molecular weight excluding hydrogens is 243 g/mol. The lowest BCUT2D eigenvalue weighted by Crippen LogP contribution is -2.28. The van der Waals surface area contributed by atoms with E-state index in [2.05, 4.69) is 11.9 Å². The summed E-state index contributed by atoms with van der Waals surface area (Å²) in [6, 6.07) is 7.73. The number of carbonyl (C=O) groups excluding carboxylic acids is 1. The number of fused-ring (bicyclic) bond motifs is 1. The van der Waals surface area contributed by atoms with Gasteiger partial charge in [-0.2, -0.15) is 0 Å². The molecule has 0 radical (unpaired) electrons. The molecule has 1 aromatic carbocycles. The summed E-state index contributed by atoms with van der Waals surface area (Å²) in [5.41, 5.74) is 1.04. The standard InChI is InChI=1S/C15H17FN2O/c1-3-4-9-18(2)15(19)14-7-5-11-10-12(16)6-8-13(11)17-14/h5-8,10H,3-4,9H2,1-2H3. The zero-order valence-corrected chi connectivity index (χ0v) is 11.2. The molecule has 0 bridgehead atoms. The number of carbonyl (C=O) groups is 1. The van der Waals surface area contributed by atoms with Gasteiger partial charge in [0.1, 0.15) is 11.5 Å². The summed E-state index contributed by atoms with van der Waals surface area (Å²) < 4.78 is 13.1. The topological polar surface area (TPSA) is 33.2 Å². The number of nitrogens with zero attached hydrogens (tertiary/aromatic N) is 2. The number of hydrogen-bond acceptors (Lipinski definition) is 2. The van der Waals surface area contributed by atoms with Crippen molar-refractivity contribution in [3.8, 4) is 0 Å². The highest BCUT2D eigenvalue weighted by Gasteiger charge is 2.13. The minimum absolute atomic E-state index is 0.0975. The van der Waals surface area contributed by atoms with E-state index < -0.39 is 0 Å². The fourth-order valence-electron chi connectivity index (χ4n) is 1.91. The number of hydrogen-bond donors (Lipinski definition) is 0. The molecule has 19 heavy (non-hydrogen) atoms. The van der Waals surface area contributed by atoms with Gasteiger partial charge in [0.2, 0.25) is 0 Å². The van der Waals surface area contributed by atoms with Crippen molar-refractivity contribution >= 4 is 16.8 Å². The van der Waals surface area contributed by atoms with Gasteiger partial charge in [-0.15, -0.1) is 0 Å². The third-order valence-electron chi connectivity index (χ3n) is 3.06. The van der Waals surface area contributed by atoms with Gasteiger partial charge in [-0.05, 0) is 30.7 Å². The Morgan fingerprint density at radius 3 is 2.84 bits per heavy atom. The van der Waals surface area contributed by atoms with Gasteiger partial charge in [0.05, 0.1) is 5.52 Å².